The number of nitrogens with one attached hydrogen (secondary N) is 1. The zero-order valence-corrected chi connectivity index (χ0v) is 15.7. The summed E-state index contributed by atoms with van der Waals surface area (Å²) in [6, 6.07) is 11.4. The van der Waals surface area contributed by atoms with Crippen molar-refractivity contribution < 1.29 is 9.21 Å². The third kappa shape index (κ3) is 5.38. The highest BCUT2D eigenvalue weighted by atomic mass is 32.2. The highest BCUT2D eigenvalue weighted by Gasteiger charge is 2.10. The first-order valence-electron chi connectivity index (χ1n) is 8.08. The number of benzene rings is 1. The molecule has 0 saturated heterocycles. The Morgan fingerprint density at radius 3 is 2.63 bits per heavy atom. The van der Waals surface area contributed by atoms with Crippen molar-refractivity contribution in [3.8, 4) is 11.5 Å². The molecule has 3 aromatic rings. The van der Waals surface area contributed by atoms with E-state index in [9.17, 15) is 4.79 Å². The zero-order valence-electron chi connectivity index (χ0n) is 14.9. The van der Waals surface area contributed by atoms with E-state index >= 15 is 0 Å². The van der Waals surface area contributed by atoms with Gasteiger partial charge < -0.3 is 9.32 Å². The van der Waals surface area contributed by atoms with E-state index in [1.54, 1.807) is 30.7 Å². The first kappa shape index (κ1) is 18.6. The van der Waals surface area contributed by atoms with Gasteiger partial charge in [0.25, 0.3) is 11.1 Å². The maximum Gasteiger partial charge on any atom is 0.277 e. The maximum atomic E-state index is 11.9. The minimum absolute atomic E-state index is 0.120. The number of aromatic nitrogens is 3. The molecule has 0 bridgehead atoms. The van der Waals surface area contributed by atoms with Crippen molar-refractivity contribution in [3.63, 3.8) is 0 Å². The second-order valence-electron chi connectivity index (χ2n) is 5.68. The summed E-state index contributed by atoms with van der Waals surface area (Å²) in [5.41, 5.74) is 5.25. The van der Waals surface area contributed by atoms with Crippen LogP contribution in [0.5, 0.6) is 0 Å². The highest BCUT2D eigenvalue weighted by Crippen LogP contribution is 2.22. The van der Waals surface area contributed by atoms with Crippen LogP contribution in [0.1, 0.15) is 5.56 Å². The topological polar surface area (TPSA) is 96.5 Å². The third-order valence-corrected chi connectivity index (χ3v) is 4.29. The van der Waals surface area contributed by atoms with Gasteiger partial charge >= 0.3 is 0 Å². The Balaban J connectivity index is 1.46. The number of pyridine rings is 1. The number of hydrogen-bond acceptors (Lipinski definition) is 8. The summed E-state index contributed by atoms with van der Waals surface area (Å²) in [5, 5.41) is 12.1. The molecule has 0 atom stereocenters. The summed E-state index contributed by atoms with van der Waals surface area (Å²) in [5.74, 6) is 0.249. The maximum absolute atomic E-state index is 11.9. The fraction of sp³-hybridized carbons (Fsp3) is 0.167. The van der Waals surface area contributed by atoms with E-state index in [1.165, 1.54) is 0 Å². The molecular formula is C18H18N6O2S. The SMILES string of the molecule is CN(C)c1ccc(C=NNC(=O)CSc2nnc(-c3ccncc3)o2)cc1. The number of carbonyl (C=O) groups is 1. The molecule has 2 aromatic heterocycles. The predicted octanol–water partition coefficient (Wildman–Crippen LogP) is 2.44. The lowest BCUT2D eigenvalue weighted by molar-refractivity contribution is -0.118. The van der Waals surface area contributed by atoms with Crippen molar-refractivity contribution in [2.24, 2.45) is 5.10 Å². The van der Waals surface area contributed by atoms with Crippen molar-refractivity contribution in [1.29, 1.82) is 0 Å². The largest absolute Gasteiger partial charge is 0.411 e. The molecule has 1 N–H and O–H groups in total. The average molecular weight is 382 g/mol. The average Bonchev–Trinajstić information content (AvgIpc) is 3.16. The lowest BCUT2D eigenvalue weighted by Crippen LogP contribution is -2.19. The first-order chi connectivity index (χ1) is 13.1. The monoisotopic (exact) mass is 382 g/mol. The lowest BCUT2D eigenvalue weighted by Gasteiger charge is -2.11. The number of thioether (sulfide) groups is 1. The van der Waals surface area contributed by atoms with E-state index in [0.29, 0.717) is 11.1 Å². The Bertz CT molecular complexity index is 909. The van der Waals surface area contributed by atoms with E-state index in [1.807, 2.05) is 43.3 Å². The van der Waals surface area contributed by atoms with Gasteiger partial charge in [0, 0.05) is 37.7 Å². The van der Waals surface area contributed by atoms with E-state index in [0.717, 1.165) is 28.6 Å². The molecule has 1 amide bonds. The molecule has 3 rings (SSSR count). The van der Waals surface area contributed by atoms with Gasteiger partial charge in [0.2, 0.25) is 5.89 Å². The number of nitrogens with zero attached hydrogens (tertiary/aromatic N) is 5. The van der Waals surface area contributed by atoms with E-state index in [-0.39, 0.29) is 11.7 Å². The lowest BCUT2D eigenvalue weighted by atomic mass is 10.2. The molecule has 0 radical (unpaired) electrons. The Labute approximate surface area is 160 Å². The van der Waals surface area contributed by atoms with Crippen molar-refractivity contribution in [2.75, 3.05) is 24.7 Å². The number of hydrogen-bond donors (Lipinski definition) is 1. The molecule has 0 fully saturated rings. The van der Waals surface area contributed by atoms with Gasteiger partial charge in [-0.15, -0.1) is 10.2 Å². The number of hydrazone groups is 1. The van der Waals surface area contributed by atoms with E-state index < -0.39 is 0 Å². The molecule has 27 heavy (non-hydrogen) atoms. The Hall–Kier alpha value is -3.20. The fourth-order valence-corrected chi connectivity index (χ4v) is 2.63. The molecule has 0 unspecified atom stereocenters. The normalized spacial score (nSPS) is 10.9. The van der Waals surface area contributed by atoms with Gasteiger partial charge in [0.1, 0.15) is 0 Å². The van der Waals surface area contributed by atoms with Crippen LogP contribution >= 0.6 is 11.8 Å². The van der Waals surface area contributed by atoms with Gasteiger partial charge in [-0.25, -0.2) is 5.43 Å². The molecule has 0 spiro atoms. The first-order valence-corrected chi connectivity index (χ1v) is 9.06. The quantitative estimate of drug-likeness (QED) is 0.381. The molecule has 138 valence electrons. The van der Waals surface area contributed by atoms with Crippen molar-refractivity contribution in [3.05, 3.63) is 54.4 Å². The molecule has 9 heteroatoms. The minimum atomic E-state index is -0.259. The molecule has 0 aliphatic heterocycles. The summed E-state index contributed by atoms with van der Waals surface area (Å²) in [6.45, 7) is 0. The van der Waals surface area contributed by atoms with Crippen LogP contribution in [0, 0.1) is 0 Å². The van der Waals surface area contributed by atoms with Crippen LogP contribution < -0.4 is 10.3 Å². The van der Waals surface area contributed by atoms with Crippen LogP contribution in [0.3, 0.4) is 0 Å². The van der Waals surface area contributed by atoms with Crippen LogP contribution in [0.15, 0.2) is 63.5 Å². The Morgan fingerprint density at radius 2 is 1.93 bits per heavy atom. The molecule has 0 aliphatic rings. The van der Waals surface area contributed by atoms with Crippen LogP contribution in [-0.4, -0.2) is 47.2 Å². The standard InChI is InChI=1S/C18H18N6O2S/c1-24(2)15-5-3-13(4-6-15)11-20-21-16(25)12-27-18-23-22-17(26-18)14-7-9-19-10-8-14/h3-11H,12H2,1-2H3,(H,21,25). The second kappa shape index (κ2) is 8.95. The number of carbonyl (C=O) groups excluding carboxylic acids is 1. The number of anilines is 1. The number of amides is 1. The molecule has 2 heterocycles. The zero-order chi connectivity index (χ0) is 19.1. The van der Waals surface area contributed by atoms with Crippen LogP contribution in [-0.2, 0) is 4.79 Å². The van der Waals surface area contributed by atoms with Gasteiger partial charge in [0.05, 0.1) is 12.0 Å². The Morgan fingerprint density at radius 1 is 1.19 bits per heavy atom. The van der Waals surface area contributed by atoms with Crippen molar-refractivity contribution in [1.82, 2.24) is 20.6 Å². The van der Waals surface area contributed by atoms with Gasteiger partial charge in [-0.05, 0) is 29.8 Å². The molecule has 0 aliphatic carbocycles. The van der Waals surface area contributed by atoms with Gasteiger partial charge in [-0.1, -0.05) is 23.9 Å². The molecule has 1 aromatic carbocycles. The van der Waals surface area contributed by atoms with Crippen LogP contribution in [0.2, 0.25) is 0 Å². The van der Waals surface area contributed by atoms with Crippen molar-refractivity contribution >= 4 is 29.6 Å². The molecule has 0 saturated carbocycles. The summed E-state index contributed by atoms with van der Waals surface area (Å²) >= 11 is 1.15. The summed E-state index contributed by atoms with van der Waals surface area (Å²) in [6.07, 6.45) is 4.88. The van der Waals surface area contributed by atoms with Gasteiger partial charge in [0.15, 0.2) is 0 Å². The smallest absolute Gasteiger partial charge is 0.277 e. The molecular weight excluding hydrogens is 364 g/mol. The predicted molar refractivity (Wildman–Crippen MR) is 105 cm³/mol. The summed E-state index contributed by atoms with van der Waals surface area (Å²) in [7, 11) is 3.95. The van der Waals surface area contributed by atoms with Crippen LogP contribution in [0.4, 0.5) is 5.69 Å². The summed E-state index contributed by atoms with van der Waals surface area (Å²) in [4.78, 5) is 17.8. The minimum Gasteiger partial charge on any atom is -0.411 e. The van der Waals surface area contributed by atoms with E-state index in [2.05, 4.69) is 25.7 Å². The van der Waals surface area contributed by atoms with Gasteiger partial charge in [-0.2, -0.15) is 5.10 Å². The van der Waals surface area contributed by atoms with E-state index in [4.69, 9.17) is 4.42 Å². The molecule has 8 nitrogen and oxygen atoms in total. The number of rotatable bonds is 7. The van der Waals surface area contributed by atoms with Crippen LogP contribution in [0.25, 0.3) is 11.5 Å². The Kier molecular flexibility index (Phi) is 6.16. The highest BCUT2D eigenvalue weighted by molar-refractivity contribution is 7.99. The fourth-order valence-electron chi connectivity index (χ4n) is 2.08. The van der Waals surface area contributed by atoms with Gasteiger partial charge in [-0.3, -0.25) is 9.78 Å². The third-order valence-electron chi connectivity index (χ3n) is 3.47. The second-order valence-corrected chi connectivity index (χ2v) is 6.60. The summed E-state index contributed by atoms with van der Waals surface area (Å²) < 4.78 is 5.51. The van der Waals surface area contributed by atoms with Crippen molar-refractivity contribution in [2.45, 2.75) is 5.22 Å².